The fourth-order valence-corrected chi connectivity index (χ4v) is 4.04. The zero-order valence-electron chi connectivity index (χ0n) is 11.3. The molecule has 2 atom stereocenters. The second-order valence-electron chi connectivity index (χ2n) is 5.12. The zero-order valence-corrected chi connectivity index (χ0v) is 12.2. The molecule has 17 heavy (non-hydrogen) atoms. The summed E-state index contributed by atoms with van der Waals surface area (Å²) in [5, 5.41) is 3.69. The minimum atomic E-state index is 0.532. The lowest BCUT2D eigenvalue weighted by molar-refractivity contribution is 0.426. The van der Waals surface area contributed by atoms with Crippen molar-refractivity contribution in [2.75, 3.05) is 12.3 Å². The molecule has 1 aromatic rings. The Morgan fingerprint density at radius 1 is 1.29 bits per heavy atom. The normalized spacial score (nSPS) is 24.2. The van der Waals surface area contributed by atoms with Gasteiger partial charge in [0.1, 0.15) is 0 Å². The van der Waals surface area contributed by atoms with Gasteiger partial charge in [0.15, 0.2) is 0 Å². The van der Waals surface area contributed by atoms with Crippen LogP contribution in [0.25, 0.3) is 0 Å². The summed E-state index contributed by atoms with van der Waals surface area (Å²) in [5.41, 5.74) is 6.05. The van der Waals surface area contributed by atoms with Crippen LogP contribution in [0.3, 0.4) is 0 Å². The van der Waals surface area contributed by atoms with Crippen molar-refractivity contribution >= 4 is 11.8 Å². The van der Waals surface area contributed by atoms with E-state index < -0.39 is 0 Å². The Morgan fingerprint density at radius 3 is 2.71 bits per heavy atom. The molecule has 0 fully saturated rings. The molecule has 1 aliphatic rings. The Bertz CT molecular complexity index is 400. The smallest absolute Gasteiger partial charge is 0.0359 e. The van der Waals surface area contributed by atoms with E-state index in [4.69, 9.17) is 0 Å². The summed E-state index contributed by atoms with van der Waals surface area (Å²) in [5.74, 6) is 3.14. The third-order valence-electron chi connectivity index (χ3n) is 3.74. The van der Waals surface area contributed by atoms with Crippen LogP contribution in [0.2, 0.25) is 0 Å². The number of hydrogen-bond donors (Lipinski definition) is 1. The zero-order chi connectivity index (χ0) is 12.4. The van der Waals surface area contributed by atoms with E-state index in [0.29, 0.717) is 12.0 Å². The van der Waals surface area contributed by atoms with Crippen LogP contribution in [0.15, 0.2) is 12.1 Å². The topological polar surface area (TPSA) is 12.0 Å². The lowest BCUT2D eigenvalue weighted by Gasteiger charge is -2.26. The SMILES string of the molecule is CCNC1c2c(C)ccc(C)c2CSCC1C. The molecule has 0 aromatic heterocycles. The highest BCUT2D eigenvalue weighted by molar-refractivity contribution is 7.98. The maximum atomic E-state index is 3.69. The van der Waals surface area contributed by atoms with E-state index in [0.717, 1.165) is 6.54 Å². The van der Waals surface area contributed by atoms with E-state index in [1.54, 1.807) is 11.1 Å². The second kappa shape index (κ2) is 5.45. The van der Waals surface area contributed by atoms with Crippen molar-refractivity contribution in [1.29, 1.82) is 0 Å². The second-order valence-corrected chi connectivity index (χ2v) is 6.15. The van der Waals surface area contributed by atoms with Crippen LogP contribution in [0, 0.1) is 19.8 Å². The van der Waals surface area contributed by atoms with E-state index in [9.17, 15) is 0 Å². The number of benzene rings is 1. The standard InChI is InChI=1S/C15H23NS/c1-5-16-15-12(4)8-17-9-13-10(2)6-7-11(3)14(13)15/h6-7,12,15-16H,5,8-9H2,1-4H3. The molecule has 0 aliphatic carbocycles. The number of fused-ring (bicyclic) bond motifs is 1. The van der Waals surface area contributed by atoms with Gasteiger partial charge in [-0.15, -0.1) is 0 Å². The molecule has 94 valence electrons. The highest BCUT2D eigenvalue weighted by atomic mass is 32.2. The molecule has 0 spiro atoms. The van der Waals surface area contributed by atoms with E-state index >= 15 is 0 Å². The first-order valence-electron chi connectivity index (χ1n) is 6.55. The monoisotopic (exact) mass is 249 g/mol. The van der Waals surface area contributed by atoms with Crippen molar-refractivity contribution in [3.05, 3.63) is 34.4 Å². The number of aryl methyl sites for hydroxylation is 2. The summed E-state index contributed by atoms with van der Waals surface area (Å²) >= 11 is 2.08. The summed E-state index contributed by atoms with van der Waals surface area (Å²) in [6.07, 6.45) is 0. The quantitative estimate of drug-likeness (QED) is 0.854. The van der Waals surface area contributed by atoms with Crippen LogP contribution < -0.4 is 5.32 Å². The number of nitrogens with one attached hydrogen (secondary N) is 1. The summed E-state index contributed by atoms with van der Waals surface area (Å²) in [4.78, 5) is 0. The van der Waals surface area contributed by atoms with Gasteiger partial charge in [-0.3, -0.25) is 0 Å². The molecule has 0 amide bonds. The Kier molecular flexibility index (Phi) is 4.16. The molecule has 2 heteroatoms. The molecular formula is C15H23NS. The minimum absolute atomic E-state index is 0.532. The molecule has 1 aliphatic heterocycles. The molecule has 2 unspecified atom stereocenters. The van der Waals surface area contributed by atoms with Crippen LogP contribution in [0.1, 0.15) is 42.1 Å². The molecule has 0 radical (unpaired) electrons. The molecule has 0 saturated carbocycles. The van der Waals surface area contributed by atoms with Crippen LogP contribution >= 0.6 is 11.8 Å². The lowest BCUT2D eigenvalue weighted by atomic mass is 9.87. The number of rotatable bonds is 2. The predicted octanol–water partition coefficient (Wildman–Crippen LogP) is 3.84. The van der Waals surface area contributed by atoms with Crippen LogP contribution in [-0.4, -0.2) is 12.3 Å². The van der Waals surface area contributed by atoms with Gasteiger partial charge in [0.25, 0.3) is 0 Å². The highest BCUT2D eigenvalue weighted by Crippen LogP contribution is 2.37. The minimum Gasteiger partial charge on any atom is -0.310 e. The lowest BCUT2D eigenvalue weighted by Crippen LogP contribution is -2.28. The van der Waals surface area contributed by atoms with Crippen molar-refractivity contribution in [3.63, 3.8) is 0 Å². The number of thioether (sulfide) groups is 1. The predicted molar refractivity (Wildman–Crippen MR) is 77.7 cm³/mol. The summed E-state index contributed by atoms with van der Waals surface area (Å²) < 4.78 is 0. The van der Waals surface area contributed by atoms with Gasteiger partial charge in [-0.05, 0) is 54.3 Å². The van der Waals surface area contributed by atoms with Crippen molar-refractivity contribution in [3.8, 4) is 0 Å². The van der Waals surface area contributed by atoms with Gasteiger partial charge >= 0.3 is 0 Å². The third-order valence-corrected chi connectivity index (χ3v) is 4.99. The van der Waals surface area contributed by atoms with Gasteiger partial charge in [-0.2, -0.15) is 11.8 Å². The largest absolute Gasteiger partial charge is 0.310 e. The van der Waals surface area contributed by atoms with E-state index in [-0.39, 0.29) is 0 Å². The van der Waals surface area contributed by atoms with E-state index in [2.05, 4.69) is 56.9 Å². The molecular weight excluding hydrogens is 226 g/mol. The van der Waals surface area contributed by atoms with Gasteiger partial charge in [-0.1, -0.05) is 26.0 Å². The van der Waals surface area contributed by atoms with Crippen molar-refractivity contribution < 1.29 is 0 Å². The van der Waals surface area contributed by atoms with Crippen molar-refractivity contribution in [2.45, 2.75) is 39.5 Å². The van der Waals surface area contributed by atoms with E-state index in [1.165, 1.54) is 22.6 Å². The molecule has 1 nitrogen and oxygen atoms in total. The highest BCUT2D eigenvalue weighted by Gasteiger charge is 2.26. The Balaban J connectivity index is 2.51. The summed E-state index contributed by atoms with van der Waals surface area (Å²) in [7, 11) is 0. The fraction of sp³-hybridized carbons (Fsp3) is 0.600. The van der Waals surface area contributed by atoms with E-state index in [1.807, 2.05) is 0 Å². The molecule has 1 N–H and O–H groups in total. The Hall–Kier alpha value is -0.470. The van der Waals surface area contributed by atoms with Gasteiger partial charge in [-0.25, -0.2) is 0 Å². The molecule has 0 bridgehead atoms. The summed E-state index contributed by atoms with van der Waals surface area (Å²) in [6.45, 7) is 10.1. The van der Waals surface area contributed by atoms with Crippen molar-refractivity contribution in [1.82, 2.24) is 5.32 Å². The molecule has 0 saturated heterocycles. The average Bonchev–Trinajstić information content (AvgIpc) is 2.46. The summed E-state index contributed by atoms with van der Waals surface area (Å²) in [6, 6.07) is 5.08. The van der Waals surface area contributed by atoms with Crippen LogP contribution in [0.5, 0.6) is 0 Å². The molecule has 1 heterocycles. The van der Waals surface area contributed by atoms with Gasteiger partial charge < -0.3 is 5.32 Å². The van der Waals surface area contributed by atoms with Crippen LogP contribution in [-0.2, 0) is 5.75 Å². The first-order valence-corrected chi connectivity index (χ1v) is 7.70. The van der Waals surface area contributed by atoms with Gasteiger partial charge in [0, 0.05) is 11.8 Å². The molecule has 2 rings (SSSR count). The maximum Gasteiger partial charge on any atom is 0.0359 e. The maximum absolute atomic E-state index is 3.69. The first kappa shape index (κ1) is 13.0. The average molecular weight is 249 g/mol. The molecule has 1 aromatic carbocycles. The fourth-order valence-electron chi connectivity index (χ4n) is 2.77. The number of hydrogen-bond acceptors (Lipinski definition) is 2. The van der Waals surface area contributed by atoms with Crippen LogP contribution in [0.4, 0.5) is 0 Å². The Morgan fingerprint density at radius 2 is 2.00 bits per heavy atom. The van der Waals surface area contributed by atoms with Gasteiger partial charge in [0.05, 0.1) is 0 Å². The van der Waals surface area contributed by atoms with Gasteiger partial charge in [0.2, 0.25) is 0 Å². The third kappa shape index (κ3) is 2.53. The first-order chi connectivity index (χ1) is 8.15. The Labute approximate surface area is 109 Å². The van der Waals surface area contributed by atoms with Crippen molar-refractivity contribution in [2.24, 2.45) is 5.92 Å².